The second-order valence-corrected chi connectivity index (χ2v) is 3.39. The van der Waals surface area contributed by atoms with E-state index in [1.165, 1.54) is 0 Å². The molecule has 0 aliphatic heterocycles. The molecule has 0 aliphatic rings. The first-order chi connectivity index (χ1) is 4.74. The Labute approximate surface area is 67.9 Å². The zero-order valence-electron chi connectivity index (χ0n) is 5.97. The van der Waals surface area contributed by atoms with E-state index in [0.29, 0.717) is 5.89 Å². The van der Waals surface area contributed by atoms with E-state index in [0.717, 1.165) is 12.2 Å². The Hall–Kier alpha value is -0.380. The van der Waals surface area contributed by atoms with Crippen molar-refractivity contribution in [1.29, 1.82) is 0 Å². The van der Waals surface area contributed by atoms with Crippen molar-refractivity contribution in [2.75, 3.05) is 0 Å². The molecule has 1 atom stereocenters. The first-order valence-electron chi connectivity index (χ1n) is 3.20. The quantitative estimate of drug-likeness (QED) is 0.694. The van der Waals surface area contributed by atoms with Crippen LogP contribution < -0.4 is 0 Å². The Balaban J connectivity index is 2.78. The van der Waals surface area contributed by atoms with Gasteiger partial charge in [-0.3, -0.25) is 0 Å². The Morgan fingerprint density at radius 3 is 2.70 bits per heavy atom. The molecule has 0 fully saturated rings. The van der Waals surface area contributed by atoms with E-state index < -0.39 is 0 Å². The minimum Gasteiger partial charge on any atom is -0.338 e. The zero-order chi connectivity index (χ0) is 7.56. The van der Waals surface area contributed by atoms with Gasteiger partial charge in [-0.1, -0.05) is 28.0 Å². The van der Waals surface area contributed by atoms with Gasteiger partial charge in [0.05, 0.1) is 4.83 Å². The van der Waals surface area contributed by atoms with E-state index in [1.807, 2.05) is 13.8 Å². The van der Waals surface area contributed by atoms with Crippen LogP contribution in [-0.4, -0.2) is 10.1 Å². The third-order valence-electron chi connectivity index (χ3n) is 1.14. The third kappa shape index (κ3) is 1.56. The molecule has 10 heavy (non-hydrogen) atoms. The lowest BCUT2D eigenvalue weighted by atomic mass is 10.4. The molecule has 4 heteroatoms. The lowest BCUT2D eigenvalue weighted by Gasteiger charge is -1.89. The molecule has 1 unspecified atom stereocenters. The number of nitrogens with zero attached hydrogens (tertiary/aromatic N) is 2. The predicted molar refractivity (Wildman–Crippen MR) is 41.0 cm³/mol. The molecule has 0 spiro atoms. The highest BCUT2D eigenvalue weighted by molar-refractivity contribution is 9.09. The van der Waals surface area contributed by atoms with Crippen molar-refractivity contribution in [1.82, 2.24) is 10.1 Å². The molecule has 56 valence electrons. The maximum atomic E-state index is 4.91. The summed E-state index contributed by atoms with van der Waals surface area (Å²) in [5, 5.41) is 3.74. The van der Waals surface area contributed by atoms with Crippen LogP contribution in [0, 0.1) is 0 Å². The van der Waals surface area contributed by atoms with Gasteiger partial charge in [-0.25, -0.2) is 0 Å². The average Bonchev–Trinajstić information content (AvgIpc) is 2.34. The highest BCUT2D eigenvalue weighted by Crippen LogP contribution is 2.18. The van der Waals surface area contributed by atoms with Crippen LogP contribution in [-0.2, 0) is 6.42 Å². The van der Waals surface area contributed by atoms with Gasteiger partial charge in [0.25, 0.3) is 0 Å². The van der Waals surface area contributed by atoms with Gasteiger partial charge in [0.1, 0.15) is 0 Å². The van der Waals surface area contributed by atoms with Crippen LogP contribution in [0.3, 0.4) is 0 Å². The normalized spacial score (nSPS) is 13.5. The minimum atomic E-state index is 0.153. The van der Waals surface area contributed by atoms with E-state index in [-0.39, 0.29) is 4.83 Å². The molecule has 0 saturated carbocycles. The van der Waals surface area contributed by atoms with Crippen LogP contribution in [0.1, 0.15) is 30.4 Å². The molecule has 0 saturated heterocycles. The average molecular weight is 205 g/mol. The number of hydrogen-bond donors (Lipinski definition) is 0. The number of halogens is 1. The summed E-state index contributed by atoms with van der Waals surface area (Å²) in [7, 11) is 0. The smallest absolute Gasteiger partial charge is 0.240 e. The van der Waals surface area contributed by atoms with E-state index in [1.54, 1.807) is 0 Å². The molecule has 0 amide bonds. The largest absolute Gasteiger partial charge is 0.338 e. The summed E-state index contributed by atoms with van der Waals surface area (Å²) in [6, 6.07) is 0. The van der Waals surface area contributed by atoms with Crippen molar-refractivity contribution >= 4 is 15.9 Å². The Kier molecular flexibility index (Phi) is 2.43. The Morgan fingerprint density at radius 2 is 2.40 bits per heavy atom. The molecule has 1 aromatic rings. The molecule has 0 aromatic carbocycles. The van der Waals surface area contributed by atoms with Gasteiger partial charge in [0, 0.05) is 6.42 Å². The van der Waals surface area contributed by atoms with E-state index >= 15 is 0 Å². The first kappa shape index (κ1) is 7.72. The Morgan fingerprint density at radius 1 is 1.70 bits per heavy atom. The fourth-order valence-corrected chi connectivity index (χ4v) is 0.759. The number of aromatic nitrogens is 2. The van der Waals surface area contributed by atoms with E-state index in [2.05, 4.69) is 26.1 Å². The van der Waals surface area contributed by atoms with Gasteiger partial charge in [-0.2, -0.15) is 4.98 Å². The van der Waals surface area contributed by atoms with Gasteiger partial charge in [-0.15, -0.1) is 0 Å². The number of alkyl halides is 1. The monoisotopic (exact) mass is 204 g/mol. The standard InChI is InChI=1S/C6H9BrN2O/c1-3-5-8-6(4(2)7)10-9-5/h4H,3H2,1-2H3. The molecule has 0 N–H and O–H groups in total. The SMILES string of the molecule is CCc1noc(C(C)Br)n1. The highest BCUT2D eigenvalue weighted by atomic mass is 79.9. The summed E-state index contributed by atoms with van der Waals surface area (Å²) in [6.07, 6.45) is 0.823. The number of aryl methyl sites for hydroxylation is 1. The van der Waals surface area contributed by atoms with Crippen molar-refractivity contribution in [2.45, 2.75) is 25.1 Å². The lowest BCUT2D eigenvalue weighted by molar-refractivity contribution is 0.376. The summed E-state index contributed by atoms with van der Waals surface area (Å²) in [5.41, 5.74) is 0. The zero-order valence-corrected chi connectivity index (χ0v) is 7.55. The highest BCUT2D eigenvalue weighted by Gasteiger charge is 2.08. The maximum absolute atomic E-state index is 4.91. The molecule has 0 aliphatic carbocycles. The fraction of sp³-hybridized carbons (Fsp3) is 0.667. The molecule has 0 bridgehead atoms. The van der Waals surface area contributed by atoms with Gasteiger partial charge in [-0.05, 0) is 6.92 Å². The van der Waals surface area contributed by atoms with Crippen molar-refractivity contribution in [2.24, 2.45) is 0 Å². The van der Waals surface area contributed by atoms with Crippen LogP contribution in [0.15, 0.2) is 4.52 Å². The third-order valence-corrected chi connectivity index (χ3v) is 1.53. The lowest BCUT2D eigenvalue weighted by Crippen LogP contribution is -1.85. The van der Waals surface area contributed by atoms with E-state index in [9.17, 15) is 0 Å². The number of rotatable bonds is 2. The van der Waals surface area contributed by atoms with E-state index in [4.69, 9.17) is 4.52 Å². The summed E-state index contributed by atoms with van der Waals surface area (Å²) in [6.45, 7) is 3.94. The maximum Gasteiger partial charge on any atom is 0.240 e. The second kappa shape index (κ2) is 3.14. The molecular weight excluding hydrogens is 196 g/mol. The Bertz CT molecular complexity index is 209. The molecule has 0 radical (unpaired) electrons. The molecule has 1 rings (SSSR count). The van der Waals surface area contributed by atoms with Gasteiger partial charge in [0.2, 0.25) is 5.89 Å². The summed E-state index contributed by atoms with van der Waals surface area (Å²) in [5.74, 6) is 1.41. The fourth-order valence-electron chi connectivity index (χ4n) is 0.573. The van der Waals surface area contributed by atoms with Gasteiger partial charge >= 0.3 is 0 Å². The predicted octanol–water partition coefficient (Wildman–Crippen LogP) is 2.09. The molecule has 1 heterocycles. The van der Waals surface area contributed by atoms with Gasteiger partial charge < -0.3 is 4.52 Å². The van der Waals surface area contributed by atoms with Crippen molar-refractivity contribution in [3.8, 4) is 0 Å². The van der Waals surface area contributed by atoms with Crippen LogP contribution in [0.4, 0.5) is 0 Å². The topological polar surface area (TPSA) is 38.9 Å². The summed E-state index contributed by atoms with van der Waals surface area (Å²) in [4.78, 5) is 4.26. The first-order valence-corrected chi connectivity index (χ1v) is 4.12. The van der Waals surface area contributed by atoms with Crippen molar-refractivity contribution < 1.29 is 4.52 Å². The van der Waals surface area contributed by atoms with Crippen LogP contribution in [0.25, 0.3) is 0 Å². The molecule has 1 aromatic heterocycles. The van der Waals surface area contributed by atoms with Crippen LogP contribution in [0.5, 0.6) is 0 Å². The second-order valence-electron chi connectivity index (χ2n) is 2.02. The summed E-state index contributed by atoms with van der Waals surface area (Å²) >= 11 is 3.33. The molecule has 3 nitrogen and oxygen atoms in total. The van der Waals surface area contributed by atoms with Crippen molar-refractivity contribution in [3.05, 3.63) is 11.7 Å². The van der Waals surface area contributed by atoms with Crippen LogP contribution in [0.2, 0.25) is 0 Å². The minimum absolute atomic E-state index is 0.153. The van der Waals surface area contributed by atoms with Gasteiger partial charge in [0.15, 0.2) is 5.82 Å². The van der Waals surface area contributed by atoms with Crippen molar-refractivity contribution in [3.63, 3.8) is 0 Å². The summed E-state index contributed by atoms with van der Waals surface area (Å²) < 4.78 is 4.91. The van der Waals surface area contributed by atoms with Crippen LogP contribution >= 0.6 is 15.9 Å². The number of hydrogen-bond acceptors (Lipinski definition) is 3. The molecular formula is C6H9BrN2O.